The molecule has 0 aliphatic heterocycles. The van der Waals surface area contributed by atoms with Crippen LogP contribution in [-0.2, 0) is 11.3 Å². The lowest BCUT2D eigenvalue weighted by Gasteiger charge is -2.09. The molecule has 6 nitrogen and oxygen atoms in total. The van der Waals surface area contributed by atoms with E-state index in [9.17, 15) is 14.4 Å². The second-order valence-corrected chi connectivity index (χ2v) is 6.75. The first-order chi connectivity index (χ1) is 12.5. The molecule has 1 aromatic heterocycles. The van der Waals surface area contributed by atoms with Crippen LogP contribution in [0.2, 0.25) is 0 Å². The molecule has 2 aromatic carbocycles. The summed E-state index contributed by atoms with van der Waals surface area (Å²) in [5.41, 5.74) is 1.71. The van der Waals surface area contributed by atoms with Crippen molar-refractivity contribution in [1.82, 2.24) is 15.1 Å². The fourth-order valence-electron chi connectivity index (χ4n) is 3.46. The van der Waals surface area contributed by atoms with E-state index in [1.54, 1.807) is 24.3 Å². The molecule has 1 fully saturated rings. The molecule has 3 aromatic rings. The summed E-state index contributed by atoms with van der Waals surface area (Å²) in [7, 11) is 0. The maximum atomic E-state index is 12.5. The van der Waals surface area contributed by atoms with Gasteiger partial charge in [0.15, 0.2) is 0 Å². The van der Waals surface area contributed by atoms with Crippen molar-refractivity contribution in [2.45, 2.75) is 31.8 Å². The fourth-order valence-corrected chi connectivity index (χ4v) is 3.46. The Balaban J connectivity index is 1.49. The summed E-state index contributed by atoms with van der Waals surface area (Å²) in [6.45, 7) is 1.86. The zero-order chi connectivity index (χ0) is 18.3. The second kappa shape index (κ2) is 6.29. The summed E-state index contributed by atoms with van der Waals surface area (Å²) < 4.78 is 1.07. The molecule has 0 bridgehead atoms. The first-order valence-electron chi connectivity index (χ1n) is 8.61. The number of hydrogen-bond donors (Lipinski definition) is 2. The van der Waals surface area contributed by atoms with Crippen LogP contribution in [0.5, 0.6) is 0 Å². The molecular formula is C20H19N3O3. The fraction of sp³-hybridized carbons (Fsp3) is 0.250. The Labute approximate surface area is 149 Å². The summed E-state index contributed by atoms with van der Waals surface area (Å²) in [5, 5.41) is 6.08. The van der Waals surface area contributed by atoms with Crippen LogP contribution in [0.4, 0.5) is 0 Å². The highest BCUT2D eigenvalue weighted by molar-refractivity contribution is 5.81. The number of aryl methyl sites for hydroxylation is 1. The maximum absolute atomic E-state index is 12.5. The molecule has 2 atom stereocenters. The third kappa shape index (κ3) is 2.94. The normalized spacial score (nSPS) is 18.7. The monoisotopic (exact) mass is 349 g/mol. The van der Waals surface area contributed by atoms with Crippen LogP contribution in [0.15, 0.2) is 58.1 Å². The molecule has 1 aliphatic rings. The van der Waals surface area contributed by atoms with E-state index < -0.39 is 0 Å². The quantitative estimate of drug-likeness (QED) is 0.751. The van der Waals surface area contributed by atoms with Crippen molar-refractivity contribution in [3.05, 3.63) is 80.4 Å². The lowest BCUT2D eigenvalue weighted by molar-refractivity contribution is -0.122. The van der Waals surface area contributed by atoms with Gasteiger partial charge in [0.1, 0.15) is 6.54 Å². The number of fused-ring (bicyclic) bond motifs is 1. The Morgan fingerprint density at radius 2 is 1.81 bits per heavy atom. The van der Waals surface area contributed by atoms with Crippen LogP contribution in [0, 0.1) is 6.92 Å². The number of nitrogens with one attached hydrogen (secondary N) is 2. The Kier molecular flexibility index (Phi) is 3.95. The maximum Gasteiger partial charge on any atom is 0.273 e. The van der Waals surface area contributed by atoms with Crippen LogP contribution in [0.25, 0.3) is 10.8 Å². The first kappa shape index (κ1) is 16.3. The van der Waals surface area contributed by atoms with Gasteiger partial charge in [-0.3, -0.25) is 19.5 Å². The lowest BCUT2D eigenvalue weighted by atomic mass is 10.0. The topological polar surface area (TPSA) is 84.0 Å². The van der Waals surface area contributed by atoms with Gasteiger partial charge in [-0.05, 0) is 36.6 Å². The van der Waals surface area contributed by atoms with Crippen molar-refractivity contribution >= 4 is 16.7 Å². The molecule has 0 spiro atoms. The SMILES string of the molecule is Cc1ccccc1[C@H]1C[C@@H]1NC(=O)Cn1[nH]c(=O)c2ccccc2c1=O. The van der Waals surface area contributed by atoms with E-state index in [1.165, 1.54) is 11.1 Å². The van der Waals surface area contributed by atoms with Gasteiger partial charge in [-0.25, -0.2) is 4.68 Å². The number of aromatic nitrogens is 2. The summed E-state index contributed by atoms with van der Waals surface area (Å²) in [6.07, 6.45) is 0.889. The first-order valence-corrected chi connectivity index (χ1v) is 8.61. The van der Waals surface area contributed by atoms with Gasteiger partial charge < -0.3 is 5.32 Å². The van der Waals surface area contributed by atoms with Gasteiger partial charge in [-0.2, -0.15) is 0 Å². The van der Waals surface area contributed by atoms with Crippen LogP contribution in [0.3, 0.4) is 0 Å². The number of carbonyl (C=O) groups is 1. The Bertz CT molecular complexity index is 1110. The molecule has 0 unspecified atom stereocenters. The highest BCUT2D eigenvalue weighted by atomic mass is 16.2. The summed E-state index contributed by atoms with van der Waals surface area (Å²) in [4.78, 5) is 36.9. The van der Waals surface area contributed by atoms with Crippen molar-refractivity contribution in [2.24, 2.45) is 0 Å². The molecule has 0 radical (unpaired) electrons. The lowest BCUT2D eigenvalue weighted by Crippen LogP contribution is -2.37. The van der Waals surface area contributed by atoms with Crippen LogP contribution in [-0.4, -0.2) is 21.7 Å². The number of benzene rings is 2. The van der Waals surface area contributed by atoms with Crippen molar-refractivity contribution in [2.75, 3.05) is 0 Å². The third-order valence-electron chi connectivity index (χ3n) is 4.91. The molecule has 132 valence electrons. The van der Waals surface area contributed by atoms with Gasteiger partial charge in [0.25, 0.3) is 11.1 Å². The Morgan fingerprint density at radius 3 is 2.58 bits per heavy atom. The van der Waals surface area contributed by atoms with E-state index in [2.05, 4.69) is 29.5 Å². The summed E-state index contributed by atoms with van der Waals surface area (Å²) in [6, 6.07) is 14.8. The largest absolute Gasteiger partial charge is 0.351 e. The van der Waals surface area contributed by atoms with Gasteiger partial charge in [0, 0.05) is 12.0 Å². The predicted molar refractivity (Wildman–Crippen MR) is 99.3 cm³/mol. The second-order valence-electron chi connectivity index (χ2n) is 6.75. The zero-order valence-electron chi connectivity index (χ0n) is 14.4. The average molecular weight is 349 g/mol. The minimum atomic E-state index is -0.378. The molecule has 2 N–H and O–H groups in total. The Morgan fingerprint density at radius 1 is 1.12 bits per heavy atom. The van der Waals surface area contributed by atoms with Crippen molar-refractivity contribution in [1.29, 1.82) is 0 Å². The minimum absolute atomic E-state index is 0.0754. The minimum Gasteiger partial charge on any atom is -0.351 e. The molecule has 4 rings (SSSR count). The standard InChI is InChI=1S/C20H19N3O3/c1-12-6-2-3-7-13(12)16-10-17(16)21-18(24)11-23-20(26)15-9-5-4-8-14(15)19(25)22-23/h2-9,16-17H,10-11H2,1H3,(H,21,24)(H,22,25)/t16-,17+/m1/s1. The van der Waals surface area contributed by atoms with E-state index in [0.717, 1.165) is 11.1 Å². The van der Waals surface area contributed by atoms with Gasteiger partial charge in [0.05, 0.1) is 10.8 Å². The number of nitrogens with zero attached hydrogens (tertiary/aromatic N) is 1. The van der Waals surface area contributed by atoms with Crippen LogP contribution >= 0.6 is 0 Å². The number of H-pyrrole nitrogens is 1. The highest BCUT2D eigenvalue weighted by Gasteiger charge is 2.40. The summed E-state index contributed by atoms with van der Waals surface area (Å²) >= 11 is 0. The van der Waals surface area contributed by atoms with Crippen molar-refractivity contribution in [3.63, 3.8) is 0 Å². The predicted octanol–water partition coefficient (Wildman–Crippen LogP) is 1.67. The van der Waals surface area contributed by atoms with E-state index >= 15 is 0 Å². The number of aromatic amines is 1. The molecule has 0 saturated heterocycles. The molecule has 1 heterocycles. The molecular weight excluding hydrogens is 330 g/mol. The molecule has 1 saturated carbocycles. The molecule has 1 aliphatic carbocycles. The molecule has 1 amide bonds. The van der Waals surface area contributed by atoms with Crippen molar-refractivity contribution < 1.29 is 4.79 Å². The van der Waals surface area contributed by atoms with E-state index in [4.69, 9.17) is 0 Å². The smallest absolute Gasteiger partial charge is 0.273 e. The Hall–Kier alpha value is -3.15. The van der Waals surface area contributed by atoms with Gasteiger partial charge in [-0.15, -0.1) is 0 Å². The molecule has 26 heavy (non-hydrogen) atoms. The van der Waals surface area contributed by atoms with Crippen LogP contribution < -0.4 is 16.4 Å². The van der Waals surface area contributed by atoms with Gasteiger partial charge in [-0.1, -0.05) is 36.4 Å². The van der Waals surface area contributed by atoms with E-state index in [-0.39, 0.29) is 29.6 Å². The van der Waals surface area contributed by atoms with Crippen LogP contribution in [0.1, 0.15) is 23.5 Å². The zero-order valence-corrected chi connectivity index (χ0v) is 14.4. The van der Waals surface area contributed by atoms with Gasteiger partial charge >= 0.3 is 0 Å². The molecule has 6 heteroatoms. The van der Waals surface area contributed by atoms with Gasteiger partial charge in [0.2, 0.25) is 5.91 Å². The number of hydrogen-bond acceptors (Lipinski definition) is 3. The van der Waals surface area contributed by atoms with Crippen molar-refractivity contribution in [3.8, 4) is 0 Å². The number of amides is 1. The third-order valence-corrected chi connectivity index (χ3v) is 4.91. The number of carbonyl (C=O) groups excluding carboxylic acids is 1. The number of rotatable bonds is 4. The van der Waals surface area contributed by atoms with E-state index in [0.29, 0.717) is 16.7 Å². The summed E-state index contributed by atoms with van der Waals surface area (Å²) in [5.74, 6) is 0.0339. The van der Waals surface area contributed by atoms with E-state index in [1.807, 2.05) is 12.1 Å². The highest BCUT2D eigenvalue weighted by Crippen LogP contribution is 2.42. The average Bonchev–Trinajstić information content (AvgIpc) is 3.38.